The van der Waals surface area contributed by atoms with Gasteiger partial charge in [0.2, 0.25) is 0 Å². The van der Waals surface area contributed by atoms with Crippen molar-refractivity contribution in [1.82, 2.24) is 0 Å². The molecule has 0 aliphatic heterocycles. The third-order valence-electron chi connectivity index (χ3n) is 2.53. The van der Waals surface area contributed by atoms with Gasteiger partial charge in [-0.05, 0) is 36.6 Å². The van der Waals surface area contributed by atoms with Crippen molar-refractivity contribution in [2.75, 3.05) is 20.3 Å². The standard InChI is InChI=1S/C13H19NO3.3C2H6/c1-10-9-12(17-8-7-14)5-3-11(10)4-6-13(15)16-2;3*1-2/h3,5,9H,4,6-8,14H2,1-2H3;3*1-2H3. The summed E-state index contributed by atoms with van der Waals surface area (Å²) < 4.78 is 10.0. The van der Waals surface area contributed by atoms with Gasteiger partial charge in [0.15, 0.2) is 0 Å². The van der Waals surface area contributed by atoms with E-state index in [9.17, 15) is 4.79 Å². The van der Waals surface area contributed by atoms with Gasteiger partial charge in [-0.2, -0.15) is 0 Å². The Morgan fingerprint density at radius 2 is 1.65 bits per heavy atom. The number of ether oxygens (including phenoxy) is 2. The van der Waals surface area contributed by atoms with Crippen LogP contribution in [0.3, 0.4) is 0 Å². The summed E-state index contributed by atoms with van der Waals surface area (Å²) in [6.45, 7) is 15.0. The summed E-state index contributed by atoms with van der Waals surface area (Å²) >= 11 is 0. The Bertz CT molecular complexity index is 379. The van der Waals surface area contributed by atoms with Crippen molar-refractivity contribution < 1.29 is 14.3 Å². The highest BCUT2D eigenvalue weighted by molar-refractivity contribution is 5.69. The van der Waals surface area contributed by atoms with Crippen molar-refractivity contribution in [3.63, 3.8) is 0 Å². The molecule has 0 fully saturated rings. The molecule has 23 heavy (non-hydrogen) atoms. The maximum absolute atomic E-state index is 11.0. The first-order valence-corrected chi connectivity index (χ1v) is 8.66. The third kappa shape index (κ3) is 13.8. The molecule has 0 aromatic heterocycles. The second-order valence-corrected chi connectivity index (χ2v) is 3.80. The van der Waals surface area contributed by atoms with Crippen molar-refractivity contribution in [2.45, 2.75) is 61.3 Å². The first-order valence-electron chi connectivity index (χ1n) is 8.66. The summed E-state index contributed by atoms with van der Waals surface area (Å²) in [7, 11) is 1.40. The average molecular weight is 328 g/mol. The summed E-state index contributed by atoms with van der Waals surface area (Å²) in [6.07, 6.45) is 1.09. The lowest BCUT2D eigenvalue weighted by atomic mass is 10.0. The maximum atomic E-state index is 11.0. The van der Waals surface area contributed by atoms with E-state index >= 15 is 0 Å². The van der Waals surface area contributed by atoms with Gasteiger partial charge < -0.3 is 15.2 Å². The number of esters is 1. The molecule has 0 aliphatic rings. The molecule has 0 aliphatic carbocycles. The van der Waals surface area contributed by atoms with Gasteiger partial charge in [0.25, 0.3) is 0 Å². The van der Waals surface area contributed by atoms with E-state index in [4.69, 9.17) is 10.5 Å². The number of nitrogens with two attached hydrogens (primary N) is 1. The monoisotopic (exact) mass is 327 g/mol. The largest absolute Gasteiger partial charge is 0.492 e. The van der Waals surface area contributed by atoms with Crippen LogP contribution in [0.2, 0.25) is 0 Å². The van der Waals surface area contributed by atoms with Gasteiger partial charge in [0.1, 0.15) is 12.4 Å². The maximum Gasteiger partial charge on any atom is 0.305 e. The highest BCUT2D eigenvalue weighted by atomic mass is 16.5. The van der Waals surface area contributed by atoms with Crippen molar-refractivity contribution in [2.24, 2.45) is 5.73 Å². The Kier molecular flexibility index (Phi) is 23.4. The summed E-state index contributed by atoms with van der Waals surface area (Å²) in [4.78, 5) is 11.0. The zero-order valence-corrected chi connectivity index (χ0v) is 16.4. The van der Waals surface area contributed by atoms with E-state index in [-0.39, 0.29) is 5.97 Å². The molecule has 0 saturated carbocycles. The Labute approximate surface area is 143 Å². The third-order valence-corrected chi connectivity index (χ3v) is 2.53. The number of aryl methyl sites for hydroxylation is 2. The number of rotatable bonds is 6. The van der Waals surface area contributed by atoms with Gasteiger partial charge in [0, 0.05) is 13.0 Å². The molecule has 1 aromatic rings. The van der Waals surface area contributed by atoms with E-state index in [0.29, 0.717) is 26.0 Å². The van der Waals surface area contributed by atoms with Crippen LogP contribution in [0, 0.1) is 6.92 Å². The summed E-state index contributed by atoms with van der Waals surface area (Å²) in [5.41, 5.74) is 7.61. The van der Waals surface area contributed by atoms with Crippen LogP contribution in [0.1, 0.15) is 59.1 Å². The lowest BCUT2D eigenvalue weighted by molar-refractivity contribution is -0.140. The summed E-state index contributed by atoms with van der Waals surface area (Å²) in [5, 5.41) is 0. The minimum atomic E-state index is -0.187. The molecule has 4 heteroatoms. The quantitative estimate of drug-likeness (QED) is 0.781. The topological polar surface area (TPSA) is 61.5 Å². The molecule has 1 aromatic carbocycles. The second kappa shape index (κ2) is 20.5. The normalized spacial score (nSPS) is 8.22. The highest BCUT2D eigenvalue weighted by Gasteiger charge is 2.05. The molecule has 0 saturated heterocycles. The molecular weight excluding hydrogens is 290 g/mol. The molecule has 1 rings (SSSR count). The summed E-state index contributed by atoms with van der Waals surface area (Å²) in [5.74, 6) is 0.627. The summed E-state index contributed by atoms with van der Waals surface area (Å²) in [6, 6.07) is 5.83. The van der Waals surface area contributed by atoms with E-state index in [1.54, 1.807) is 0 Å². The zero-order valence-electron chi connectivity index (χ0n) is 16.4. The van der Waals surface area contributed by atoms with Gasteiger partial charge in [-0.25, -0.2) is 0 Å². The molecule has 0 heterocycles. The molecule has 0 amide bonds. The van der Waals surface area contributed by atoms with E-state index in [2.05, 4.69) is 4.74 Å². The molecule has 0 spiro atoms. The van der Waals surface area contributed by atoms with Crippen LogP contribution in [0.4, 0.5) is 0 Å². The van der Waals surface area contributed by atoms with Crippen LogP contribution in [-0.4, -0.2) is 26.2 Å². The number of carbonyl (C=O) groups excluding carboxylic acids is 1. The van der Waals surface area contributed by atoms with Crippen LogP contribution in [0.15, 0.2) is 18.2 Å². The van der Waals surface area contributed by atoms with Crippen LogP contribution in [0.5, 0.6) is 5.75 Å². The van der Waals surface area contributed by atoms with Crippen molar-refractivity contribution in [3.8, 4) is 5.75 Å². The Morgan fingerprint density at radius 1 is 1.09 bits per heavy atom. The Hall–Kier alpha value is -1.55. The van der Waals surface area contributed by atoms with Crippen LogP contribution < -0.4 is 10.5 Å². The lowest BCUT2D eigenvalue weighted by Crippen LogP contribution is -2.10. The van der Waals surface area contributed by atoms with E-state index in [1.807, 2.05) is 66.7 Å². The number of carbonyl (C=O) groups is 1. The minimum absolute atomic E-state index is 0.187. The molecule has 0 bridgehead atoms. The minimum Gasteiger partial charge on any atom is -0.492 e. The number of hydrogen-bond donors (Lipinski definition) is 1. The Morgan fingerprint density at radius 3 is 2.09 bits per heavy atom. The molecule has 2 N–H and O–H groups in total. The van der Waals surface area contributed by atoms with E-state index in [1.165, 1.54) is 7.11 Å². The van der Waals surface area contributed by atoms with Gasteiger partial charge in [-0.3, -0.25) is 4.79 Å². The zero-order chi connectivity index (χ0) is 18.7. The Balaban J connectivity index is -0.000000595. The molecule has 0 atom stereocenters. The first-order chi connectivity index (χ1) is 11.2. The fourth-order valence-corrected chi connectivity index (χ4v) is 1.55. The SMILES string of the molecule is CC.CC.CC.COC(=O)CCc1ccc(OCCN)cc1C. The number of hydrogen-bond acceptors (Lipinski definition) is 4. The number of methoxy groups -OCH3 is 1. The molecular formula is C19H37NO3. The van der Waals surface area contributed by atoms with Crippen LogP contribution >= 0.6 is 0 Å². The molecule has 136 valence electrons. The van der Waals surface area contributed by atoms with Crippen LogP contribution in [-0.2, 0) is 16.0 Å². The van der Waals surface area contributed by atoms with Crippen molar-refractivity contribution in [3.05, 3.63) is 29.3 Å². The molecule has 4 nitrogen and oxygen atoms in total. The average Bonchev–Trinajstić information content (AvgIpc) is 2.63. The van der Waals surface area contributed by atoms with Gasteiger partial charge in [-0.1, -0.05) is 47.6 Å². The molecule has 0 radical (unpaired) electrons. The van der Waals surface area contributed by atoms with Gasteiger partial charge >= 0.3 is 5.97 Å². The fraction of sp³-hybridized carbons (Fsp3) is 0.632. The second-order valence-electron chi connectivity index (χ2n) is 3.80. The lowest BCUT2D eigenvalue weighted by Gasteiger charge is -2.09. The predicted molar refractivity (Wildman–Crippen MR) is 100 cm³/mol. The first kappa shape index (κ1) is 26.4. The fourth-order valence-electron chi connectivity index (χ4n) is 1.55. The van der Waals surface area contributed by atoms with Crippen LogP contribution in [0.25, 0.3) is 0 Å². The van der Waals surface area contributed by atoms with Crippen molar-refractivity contribution >= 4 is 5.97 Å². The van der Waals surface area contributed by atoms with Gasteiger partial charge in [-0.15, -0.1) is 0 Å². The molecule has 0 unspecified atom stereocenters. The predicted octanol–water partition coefficient (Wildman–Crippen LogP) is 4.52. The highest BCUT2D eigenvalue weighted by Crippen LogP contribution is 2.18. The van der Waals surface area contributed by atoms with E-state index < -0.39 is 0 Å². The van der Waals surface area contributed by atoms with Gasteiger partial charge in [0.05, 0.1) is 7.11 Å². The smallest absolute Gasteiger partial charge is 0.305 e. The van der Waals surface area contributed by atoms with E-state index in [0.717, 1.165) is 16.9 Å². The van der Waals surface area contributed by atoms with Crippen molar-refractivity contribution in [1.29, 1.82) is 0 Å². The number of benzene rings is 1.